The molecule has 0 bridgehead atoms. The number of hydrogen-bond donors (Lipinski definition) is 0. The van der Waals surface area contributed by atoms with Gasteiger partial charge in [-0.3, -0.25) is 0 Å². The fraction of sp³-hybridized carbons (Fsp3) is 0.0588. The summed E-state index contributed by atoms with van der Waals surface area (Å²) in [5.74, 6) is 0. The van der Waals surface area contributed by atoms with Gasteiger partial charge in [0, 0.05) is 61.0 Å². The van der Waals surface area contributed by atoms with Crippen molar-refractivity contribution in [2.45, 2.75) is 20.8 Å². The fourth-order valence-corrected chi connectivity index (χ4v) is 9.06. The van der Waals surface area contributed by atoms with E-state index >= 15 is 0 Å². The summed E-state index contributed by atoms with van der Waals surface area (Å²) in [6.07, 6.45) is 1.87. The Bertz CT molecular complexity index is 3140. The van der Waals surface area contributed by atoms with Crippen LogP contribution in [0.3, 0.4) is 0 Å². The molecule has 5 nitrogen and oxygen atoms in total. The maximum Gasteiger partial charge on any atom is 0.0436 e. The van der Waals surface area contributed by atoms with Gasteiger partial charge < -0.3 is 23.9 Å². The van der Waals surface area contributed by atoms with E-state index in [0.717, 1.165) is 67.1 Å². The van der Waals surface area contributed by atoms with Crippen molar-refractivity contribution in [1.29, 1.82) is 0 Å². The van der Waals surface area contributed by atoms with E-state index in [1.54, 1.807) is 0 Å². The Balaban J connectivity index is 0.00000396. The summed E-state index contributed by atoms with van der Waals surface area (Å²) in [6, 6.07) is 61.7. The van der Waals surface area contributed by atoms with Gasteiger partial charge in [-0.1, -0.05) is 119 Å². The van der Waals surface area contributed by atoms with E-state index in [0.29, 0.717) is 0 Å². The van der Waals surface area contributed by atoms with Gasteiger partial charge in [-0.05, 0) is 102 Å². The summed E-state index contributed by atoms with van der Waals surface area (Å²) in [4.78, 5) is 9.52. The molecule has 0 saturated heterocycles. The Kier molecular flexibility index (Phi) is 8.39. The molecule has 0 spiro atoms. The topological polar surface area (TPSA) is 29.2 Å². The molecule has 4 heterocycles. The molecular formula is C51H36N5Pt-3. The summed E-state index contributed by atoms with van der Waals surface area (Å²) >= 11 is 0. The first-order valence-electron chi connectivity index (χ1n) is 19.1. The van der Waals surface area contributed by atoms with E-state index in [1.807, 2.05) is 12.3 Å². The molecule has 0 N–H and O–H groups in total. The summed E-state index contributed by atoms with van der Waals surface area (Å²) in [5.41, 5.74) is 16.4. The SMILES string of the molecule is Cc1cc(C)c(N2[CH-]N(c3[c-]c(-n4c5[c-]c(-c6ccccn6)c6c(c7ccccc7n6-c6ccccc6)c5c5ccccc54)ccc3)c3ccccc32)c(C)c1.[Pt]. The van der Waals surface area contributed by atoms with Crippen LogP contribution in [0.1, 0.15) is 16.7 Å². The summed E-state index contributed by atoms with van der Waals surface area (Å²) in [5, 5.41) is 4.70. The molecule has 0 atom stereocenters. The van der Waals surface area contributed by atoms with Crippen molar-refractivity contribution in [3.8, 4) is 22.6 Å². The molecule has 10 aromatic rings. The standard InChI is InChI=1S/C51H36N5.Pt/c1-33-28-34(2)50(35(3)29-33)54-32-53(45-25-11-12-26-46(45)54)37-18-15-19-38(30-37)55-43-23-9-7-20-39(43)48-47(55)31-41(42-22-13-14-27-52-42)51-49(48)40-21-8-10-24-44(40)56(51)36-16-5-4-6-17-36;/h4-29,32H,1-3H3;/q-3;. The van der Waals surface area contributed by atoms with Gasteiger partial charge in [0.15, 0.2) is 0 Å². The van der Waals surface area contributed by atoms with Gasteiger partial charge in [-0.15, -0.1) is 36.6 Å². The molecule has 0 unspecified atom stereocenters. The van der Waals surface area contributed by atoms with E-state index < -0.39 is 0 Å². The molecule has 57 heavy (non-hydrogen) atoms. The van der Waals surface area contributed by atoms with Gasteiger partial charge >= 0.3 is 0 Å². The second kappa shape index (κ2) is 13.7. The molecular weight excluding hydrogens is 878 g/mol. The number of nitrogens with zero attached hydrogens (tertiary/aromatic N) is 5. The van der Waals surface area contributed by atoms with Crippen molar-refractivity contribution in [2.75, 3.05) is 9.80 Å². The van der Waals surface area contributed by atoms with Gasteiger partial charge in [0.05, 0.1) is 0 Å². The van der Waals surface area contributed by atoms with Crippen LogP contribution in [0.5, 0.6) is 0 Å². The van der Waals surface area contributed by atoms with E-state index in [9.17, 15) is 0 Å². The minimum Gasteiger partial charge on any atom is -0.493 e. The van der Waals surface area contributed by atoms with Crippen molar-refractivity contribution in [2.24, 2.45) is 0 Å². The van der Waals surface area contributed by atoms with Crippen LogP contribution in [0.2, 0.25) is 0 Å². The maximum absolute atomic E-state index is 4.93. The third-order valence-electron chi connectivity index (χ3n) is 11.2. The van der Waals surface area contributed by atoms with Crippen LogP contribution in [0, 0.1) is 39.6 Å². The van der Waals surface area contributed by atoms with Gasteiger partial charge in [0.2, 0.25) is 0 Å². The van der Waals surface area contributed by atoms with E-state index in [1.165, 1.54) is 38.5 Å². The van der Waals surface area contributed by atoms with Crippen LogP contribution >= 0.6 is 0 Å². The molecule has 0 radical (unpaired) electrons. The maximum atomic E-state index is 4.93. The first-order valence-corrected chi connectivity index (χ1v) is 19.1. The van der Waals surface area contributed by atoms with Gasteiger partial charge in [0.25, 0.3) is 0 Å². The van der Waals surface area contributed by atoms with E-state index in [-0.39, 0.29) is 21.1 Å². The summed E-state index contributed by atoms with van der Waals surface area (Å²) in [7, 11) is 0. The number of aromatic nitrogens is 3. The Labute approximate surface area is 346 Å². The molecule has 0 fully saturated rings. The predicted octanol–water partition coefficient (Wildman–Crippen LogP) is 12.9. The molecule has 6 heteroatoms. The zero-order chi connectivity index (χ0) is 37.5. The van der Waals surface area contributed by atoms with Gasteiger partial charge in [0.1, 0.15) is 0 Å². The molecule has 0 amide bonds. The smallest absolute Gasteiger partial charge is 0.0436 e. The zero-order valence-corrected chi connectivity index (χ0v) is 33.9. The first-order chi connectivity index (χ1) is 27.5. The first kappa shape index (κ1) is 35.0. The predicted molar refractivity (Wildman–Crippen MR) is 232 cm³/mol. The van der Waals surface area contributed by atoms with Crippen molar-refractivity contribution in [3.63, 3.8) is 0 Å². The molecule has 7 aromatic carbocycles. The number of benzene rings is 7. The molecule has 1 aliphatic heterocycles. The van der Waals surface area contributed by atoms with Crippen molar-refractivity contribution >= 4 is 66.4 Å². The molecule has 1 aliphatic rings. The average Bonchev–Trinajstić information content (AvgIpc) is 3.89. The van der Waals surface area contributed by atoms with Crippen LogP contribution in [0.4, 0.5) is 22.7 Å². The third-order valence-corrected chi connectivity index (χ3v) is 11.2. The summed E-state index contributed by atoms with van der Waals surface area (Å²) < 4.78 is 4.72. The van der Waals surface area contributed by atoms with Crippen LogP contribution < -0.4 is 9.80 Å². The zero-order valence-electron chi connectivity index (χ0n) is 31.6. The minimum absolute atomic E-state index is 0. The van der Waals surface area contributed by atoms with Crippen LogP contribution in [0.15, 0.2) is 158 Å². The van der Waals surface area contributed by atoms with Crippen molar-refractivity contribution in [1.82, 2.24) is 14.1 Å². The second-order valence-corrected chi connectivity index (χ2v) is 14.7. The number of rotatable bonds is 5. The normalized spacial score (nSPS) is 12.5. The van der Waals surface area contributed by atoms with Crippen molar-refractivity contribution in [3.05, 3.63) is 193 Å². The number of aryl methyl sites for hydroxylation is 3. The second-order valence-electron chi connectivity index (χ2n) is 14.7. The average molecular weight is 914 g/mol. The minimum atomic E-state index is 0. The van der Waals surface area contributed by atoms with E-state index in [4.69, 9.17) is 4.98 Å². The Hall–Kier alpha value is -6.42. The van der Waals surface area contributed by atoms with Crippen molar-refractivity contribution < 1.29 is 21.1 Å². The molecule has 11 rings (SSSR count). The Morgan fingerprint density at radius 2 is 1.16 bits per heavy atom. The Morgan fingerprint density at radius 3 is 1.88 bits per heavy atom. The van der Waals surface area contributed by atoms with Gasteiger partial charge in [-0.2, -0.15) is 6.07 Å². The van der Waals surface area contributed by atoms with Gasteiger partial charge in [-0.25, -0.2) is 0 Å². The largest absolute Gasteiger partial charge is 0.493 e. The fourth-order valence-electron chi connectivity index (χ4n) is 9.06. The number of para-hydroxylation sites is 5. The number of pyridine rings is 1. The molecule has 278 valence electrons. The van der Waals surface area contributed by atoms with Crippen LogP contribution in [0.25, 0.3) is 66.2 Å². The summed E-state index contributed by atoms with van der Waals surface area (Å²) in [6.45, 7) is 8.78. The molecule has 3 aromatic heterocycles. The quantitative estimate of drug-likeness (QED) is 0.161. The number of anilines is 4. The molecule has 0 saturated carbocycles. The molecule has 0 aliphatic carbocycles. The van der Waals surface area contributed by atoms with Crippen LogP contribution in [-0.2, 0) is 21.1 Å². The monoisotopic (exact) mass is 913 g/mol. The van der Waals surface area contributed by atoms with E-state index in [2.05, 4.69) is 204 Å². The third kappa shape index (κ3) is 5.37. The number of hydrogen-bond acceptors (Lipinski definition) is 3. The Morgan fingerprint density at radius 1 is 0.544 bits per heavy atom. The number of fused-ring (bicyclic) bond motifs is 8. The van der Waals surface area contributed by atoms with Crippen LogP contribution in [-0.4, -0.2) is 14.1 Å².